The van der Waals surface area contributed by atoms with E-state index in [0.29, 0.717) is 9.12 Å². The van der Waals surface area contributed by atoms with E-state index in [1.54, 1.807) is 0 Å². The molecule has 1 aliphatic rings. The molecule has 0 fully saturated rings. The second-order valence-corrected chi connectivity index (χ2v) is 10.4. The van der Waals surface area contributed by atoms with Gasteiger partial charge in [0.1, 0.15) is 20.8 Å². The van der Waals surface area contributed by atoms with Crippen LogP contribution in [-0.2, 0) is 5.41 Å². The SMILES string of the molecule is C/C=C\C=C/C#[Si]NC(=NC)c1ccc(C(C)(C)C)nc1NC[C@@]1(C)CC=C(C)C=C1C. The Labute approximate surface area is 196 Å². The molecular formula is C27H38N4Si. The molecule has 0 aliphatic heterocycles. The number of nitrogens with one attached hydrogen (secondary N) is 2. The maximum absolute atomic E-state index is 5.03. The van der Waals surface area contributed by atoms with Gasteiger partial charge in [0, 0.05) is 30.1 Å². The van der Waals surface area contributed by atoms with Gasteiger partial charge in [-0.05, 0) is 45.4 Å². The van der Waals surface area contributed by atoms with E-state index in [2.05, 4.69) is 86.6 Å². The van der Waals surface area contributed by atoms with Crippen LogP contribution in [0.1, 0.15) is 66.1 Å². The molecule has 1 heterocycles. The van der Waals surface area contributed by atoms with Gasteiger partial charge in [-0.3, -0.25) is 4.99 Å². The Morgan fingerprint density at radius 2 is 2.03 bits per heavy atom. The van der Waals surface area contributed by atoms with Gasteiger partial charge < -0.3 is 10.3 Å². The molecule has 1 atom stereocenters. The lowest BCUT2D eigenvalue weighted by molar-refractivity contribution is 0.422. The zero-order valence-corrected chi connectivity index (χ0v) is 21.9. The van der Waals surface area contributed by atoms with Crippen molar-refractivity contribution in [3.05, 3.63) is 71.0 Å². The van der Waals surface area contributed by atoms with Gasteiger partial charge in [0.05, 0.1) is 5.56 Å². The number of hydrogen-bond donors (Lipinski definition) is 2. The zero-order valence-electron chi connectivity index (χ0n) is 20.9. The van der Waals surface area contributed by atoms with Crippen LogP contribution in [0.15, 0.2) is 64.7 Å². The average molecular weight is 447 g/mol. The van der Waals surface area contributed by atoms with Crippen molar-refractivity contribution in [1.29, 1.82) is 0 Å². The van der Waals surface area contributed by atoms with Crippen LogP contribution in [0.3, 0.4) is 0 Å². The molecule has 0 bridgehead atoms. The molecule has 32 heavy (non-hydrogen) atoms. The summed E-state index contributed by atoms with van der Waals surface area (Å²) in [6.45, 7) is 16.1. The number of aliphatic imine (C=N–C) groups is 1. The zero-order chi connectivity index (χ0) is 23.8. The van der Waals surface area contributed by atoms with E-state index in [4.69, 9.17) is 4.98 Å². The summed E-state index contributed by atoms with van der Waals surface area (Å²) in [5.41, 5.74) is 8.08. The Morgan fingerprint density at radius 1 is 1.28 bits per heavy atom. The van der Waals surface area contributed by atoms with Crippen molar-refractivity contribution in [3.8, 4) is 5.50 Å². The molecule has 4 nitrogen and oxygen atoms in total. The maximum Gasteiger partial charge on any atom is 0.137 e. The smallest absolute Gasteiger partial charge is 0.137 e. The van der Waals surface area contributed by atoms with Crippen LogP contribution in [0.25, 0.3) is 0 Å². The quantitative estimate of drug-likeness (QED) is 0.261. The standard InChI is InChI=1S/C27H38N4Si/c1-9-10-11-12-17-32-31-24(28-8)22-13-14-23(26(4,5)6)30-25(22)29-19-27(7)16-15-20(2)18-21(27)3/h9-15,18H,16,19H2,1-8H3,(H,28,31)(H,29,30)/b10-9-,12-11-/t27-/m1/s1. The van der Waals surface area contributed by atoms with E-state index in [0.717, 1.165) is 35.9 Å². The summed E-state index contributed by atoms with van der Waals surface area (Å²) in [6, 6.07) is 4.23. The Balaban J connectivity index is 2.33. The molecule has 2 rings (SSSR count). The lowest BCUT2D eigenvalue weighted by Crippen LogP contribution is -2.31. The summed E-state index contributed by atoms with van der Waals surface area (Å²) >= 11 is 0. The summed E-state index contributed by atoms with van der Waals surface area (Å²) in [5, 5.41) is 3.67. The van der Waals surface area contributed by atoms with Crippen LogP contribution >= 0.6 is 0 Å². The van der Waals surface area contributed by atoms with Crippen molar-refractivity contribution in [2.75, 3.05) is 18.9 Å². The van der Waals surface area contributed by atoms with E-state index in [1.165, 1.54) is 11.1 Å². The van der Waals surface area contributed by atoms with E-state index in [1.807, 2.05) is 38.3 Å². The number of anilines is 1. The first-order chi connectivity index (χ1) is 15.1. The lowest BCUT2D eigenvalue weighted by Gasteiger charge is -2.33. The maximum atomic E-state index is 5.03. The van der Waals surface area contributed by atoms with Crippen molar-refractivity contribution >= 4 is 20.8 Å². The summed E-state index contributed by atoms with van der Waals surface area (Å²) in [5.74, 6) is 1.70. The fraction of sp³-hybridized carbons (Fsp3) is 0.444. The largest absolute Gasteiger partial charge is 0.369 e. The lowest BCUT2D eigenvalue weighted by atomic mass is 9.75. The third-order valence-corrected chi connectivity index (χ3v) is 6.47. The monoisotopic (exact) mass is 446 g/mol. The number of hydrogen-bond acceptors (Lipinski definition) is 3. The number of pyridine rings is 1. The predicted octanol–water partition coefficient (Wildman–Crippen LogP) is 5.77. The molecule has 0 unspecified atom stereocenters. The number of rotatable bonds is 5. The molecule has 0 aromatic carbocycles. The van der Waals surface area contributed by atoms with Gasteiger partial charge >= 0.3 is 0 Å². The van der Waals surface area contributed by atoms with Crippen LogP contribution in [0.4, 0.5) is 5.82 Å². The van der Waals surface area contributed by atoms with Crippen LogP contribution in [0.5, 0.6) is 0 Å². The molecule has 0 amide bonds. The number of aromatic nitrogens is 1. The Hall–Kier alpha value is -2.62. The molecular weight excluding hydrogens is 408 g/mol. The highest BCUT2D eigenvalue weighted by Gasteiger charge is 2.28. The minimum absolute atomic E-state index is 0.0305. The van der Waals surface area contributed by atoms with E-state index in [-0.39, 0.29) is 10.8 Å². The second kappa shape index (κ2) is 11.3. The van der Waals surface area contributed by atoms with Gasteiger partial charge in [0.2, 0.25) is 0 Å². The fourth-order valence-corrected chi connectivity index (χ4v) is 4.03. The fourth-order valence-electron chi connectivity index (χ4n) is 3.41. The van der Waals surface area contributed by atoms with Crippen LogP contribution in [0.2, 0.25) is 0 Å². The normalized spacial score (nSPS) is 19.4. The highest BCUT2D eigenvalue weighted by atomic mass is 28.2. The molecule has 170 valence electrons. The molecule has 0 spiro atoms. The molecule has 1 aromatic heterocycles. The summed E-state index contributed by atoms with van der Waals surface area (Å²) in [4.78, 5) is 13.0. The molecule has 5 heteroatoms. The molecule has 1 aromatic rings. The highest BCUT2D eigenvalue weighted by Crippen LogP contribution is 2.36. The average Bonchev–Trinajstić information content (AvgIpc) is 2.74. The number of nitrogens with zero attached hydrogens (tertiary/aromatic N) is 2. The van der Waals surface area contributed by atoms with Crippen LogP contribution in [-0.4, -0.2) is 33.5 Å². The van der Waals surface area contributed by atoms with Crippen molar-refractivity contribution < 1.29 is 0 Å². The van der Waals surface area contributed by atoms with Gasteiger partial charge in [-0.25, -0.2) is 4.98 Å². The first kappa shape index (κ1) is 25.6. The Kier molecular flexibility index (Phi) is 9.06. The van der Waals surface area contributed by atoms with E-state index >= 15 is 0 Å². The van der Waals surface area contributed by atoms with E-state index < -0.39 is 0 Å². The van der Waals surface area contributed by atoms with E-state index in [9.17, 15) is 0 Å². The number of allylic oxidation sites excluding steroid dienone is 7. The molecule has 0 saturated heterocycles. The molecule has 0 saturated carbocycles. The first-order valence-corrected chi connectivity index (χ1v) is 12.2. The van der Waals surface area contributed by atoms with Gasteiger partial charge in [-0.1, -0.05) is 74.7 Å². The van der Waals surface area contributed by atoms with Crippen LogP contribution in [0, 0.1) is 10.9 Å². The Bertz CT molecular complexity index is 1030. The number of amidine groups is 1. The third-order valence-electron chi connectivity index (χ3n) is 5.80. The predicted molar refractivity (Wildman–Crippen MR) is 141 cm³/mol. The van der Waals surface area contributed by atoms with Gasteiger partial charge in [0.25, 0.3) is 0 Å². The van der Waals surface area contributed by atoms with Crippen molar-refractivity contribution in [3.63, 3.8) is 0 Å². The van der Waals surface area contributed by atoms with Gasteiger partial charge in [0.15, 0.2) is 0 Å². The second-order valence-electron chi connectivity index (χ2n) is 9.59. The summed E-state index contributed by atoms with van der Waals surface area (Å²) in [6.07, 6.45) is 13.5. The third kappa shape index (κ3) is 6.94. The summed E-state index contributed by atoms with van der Waals surface area (Å²) in [7, 11) is 2.12. The van der Waals surface area contributed by atoms with Crippen molar-refractivity contribution in [2.45, 2.75) is 60.3 Å². The Morgan fingerprint density at radius 3 is 2.66 bits per heavy atom. The highest BCUT2D eigenvalue weighted by molar-refractivity contribution is 6.30. The molecule has 1 aliphatic carbocycles. The first-order valence-electron chi connectivity index (χ1n) is 11.2. The van der Waals surface area contributed by atoms with Crippen molar-refractivity contribution in [1.82, 2.24) is 9.97 Å². The topological polar surface area (TPSA) is 49.3 Å². The van der Waals surface area contributed by atoms with Crippen molar-refractivity contribution in [2.24, 2.45) is 10.4 Å². The minimum Gasteiger partial charge on any atom is -0.369 e. The molecule has 2 N–H and O–H groups in total. The van der Waals surface area contributed by atoms with Gasteiger partial charge in [-0.2, -0.15) is 0 Å². The minimum atomic E-state index is -0.0305. The van der Waals surface area contributed by atoms with Crippen LogP contribution < -0.4 is 10.3 Å². The van der Waals surface area contributed by atoms with Gasteiger partial charge in [-0.15, -0.1) is 0 Å². The summed E-state index contributed by atoms with van der Waals surface area (Å²) < 4.78 is 0. The molecule has 0 radical (unpaired) electrons.